The Morgan fingerprint density at radius 2 is 1.60 bits per heavy atom. The molecule has 0 saturated carbocycles. The smallest absolute Gasteiger partial charge is 0.269 e. The van der Waals surface area contributed by atoms with Gasteiger partial charge < -0.3 is 5.32 Å². The van der Waals surface area contributed by atoms with Crippen LogP contribution in [0.1, 0.15) is 35.3 Å². The number of hydrogen-bond acceptors (Lipinski definition) is 3. The highest BCUT2D eigenvalue weighted by atomic mass is 35.5. The second-order valence-electron chi connectivity index (χ2n) is 5.38. The van der Waals surface area contributed by atoms with Gasteiger partial charge in [0, 0.05) is 17.5 Å². The Hall–Kier alpha value is -2.86. The van der Waals surface area contributed by atoms with Gasteiger partial charge in [-0.1, -0.05) is 41.9 Å². The summed E-state index contributed by atoms with van der Waals surface area (Å²) >= 11 is 5.76. The van der Waals surface area contributed by atoms with Crippen molar-refractivity contribution in [2.24, 2.45) is 0 Å². The van der Waals surface area contributed by atoms with Gasteiger partial charge in [-0.3, -0.25) is 25.2 Å². The predicted octanol–water partition coefficient (Wildman–Crippen LogP) is 2.37. The van der Waals surface area contributed by atoms with E-state index >= 15 is 0 Å². The number of nitrogens with one attached hydrogen (secondary N) is 3. The summed E-state index contributed by atoms with van der Waals surface area (Å²) in [5.41, 5.74) is 5.85. The zero-order valence-corrected chi connectivity index (χ0v) is 14.3. The minimum atomic E-state index is -0.480. The summed E-state index contributed by atoms with van der Waals surface area (Å²) in [5, 5.41) is 3.24. The molecule has 0 unspecified atom stereocenters. The lowest BCUT2D eigenvalue weighted by Gasteiger charge is -2.18. The third-order valence-corrected chi connectivity index (χ3v) is 3.64. The Balaban J connectivity index is 1.93. The molecule has 3 N–H and O–H groups in total. The second-order valence-corrected chi connectivity index (χ2v) is 5.81. The molecule has 0 fully saturated rings. The summed E-state index contributed by atoms with van der Waals surface area (Å²) in [7, 11) is 0. The minimum absolute atomic E-state index is 0.00943. The fraction of sp³-hybridized carbons (Fsp3) is 0.167. The minimum Gasteiger partial charge on any atom is -0.349 e. The Kier molecular flexibility index (Phi) is 6.54. The fourth-order valence-corrected chi connectivity index (χ4v) is 2.35. The lowest BCUT2D eigenvalue weighted by atomic mass is 10.0. The lowest BCUT2D eigenvalue weighted by Crippen LogP contribution is -2.43. The zero-order valence-electron chi connectivity index (χ0n) is 13.6. The van der Waals surface area contributed by atoms with Gasteiger partial charge in [0.1, 0.15) is 0 Å². The van der Waals surface area contributed by atoms with Gasteiger partial charge in [0.15, 0.2) is 0 Å². The Morgan fingerprint density at radius 1 is 0.960 bits per heavy atom. The molecule has 7 heteroatoms. The van der Waals surface area contributed by atoms with Crippen molar-refractivity contribution in [2.75, 3.05) is 0 Å². The number of hydrazine groups is 1. The monoisotopic (exact) mass is 359 g/mol. The average molecular weight is 360 g/mol. The summed E-state index contributed by atoms with van der Waals surface area (Å²) in [5.74, 6) is -1.13. The molecule has 2 aromatic carbocycles. The number of rotatable bonds is 5. The largest absolute Gasteiger partial charge is 0.349 e. The highest BCUT2D eigenvalue weighted by molar-refractivity contribution is 6.30. The van der Waals surface area contributed by atoms with Gasteiger partial charge in [-0.25, -0.2) is 0 Å². The molecular weight excluding hydrogens is 342 g/mol. The number of carbonyl (C=O) groups is 3. The van der Waals surface area contributed by atoms with E-state index in [1.54, 1.807) is 24.3 Å². The summed E-state index contributed by atoms with van der Waals surface area (Å²) in [6, 6.07) is 14.9. The van der Waals surface area contributed by atoms with Gasteiger partial charge in [-0.15, -0.1) is 0 Å². The first-order chi connectivity index (χ1) is 12.0. The summed E-state index contributed by atoms with van der Waals surface area (Å²) in [6.07, 6.45) is -0.00943. The van der Waals surface area contributed by atoms with Crippen LogP contribution in [-0.2, 0) is 9.59 Å². The molecule has 6 nitrogen and oxygen atoms in total. The van der Waals surface area contributed by atoms with E-state index in [2.05, 4.69) is 16.2 Å². The lowest BCUT2D eigenvalue weighted by molar-refractivity contribution is -0.123. The maximum absolute atomic E-state index is 12.1. The number of carbonyl (C=O) groups excluding carboxylic acids is 3. The molecule has 0 radical (unpaired) electrons. The van der Waals surface area contributed by atoms with E-state index in [1.807, 2.05) is 30.3 Å². The predicted molar refractivity (Wildman–Crippen MR) is 94.7 cm³/mol. The molecule has 0 saturated heterocycles. The van der Waals surface area contributed by atoms with E-state index in [0.29, 0.717) is 10.6 Å². The van der Waals surface area contributed by atoms with E-state index in [9.17, 15) is 14.4 Å². The van der Waals surface area contributed by atoms with Gasteiger partial charge in [0.2, 0.25) is 11.8 Å². The van der Waals surface area contributed by atoms with Gasteiger partial charge in [0.05, 0.1) is 12.5 Å². The first-order valence-electron chi connectivity index (χ1n) is 7.62. The van der Waals surface area contributed by atoms with Crippen molar-refractivity contribution in [1.82, 2.24) is 16.2 Å². The Bertz CT molecular complexity index is 748. The zero-order chi connectivity index (χ0) is 18.2. The SMILES string of the molecule is CC(=O)N[C@H](CC(=O)NNC(=O)c1ccc(Cl)cc1)c1ccccc1. The fourth-order valence-electron chi connectivity index (χ4n) is 2.22. The molecule has 130 valence electrons. The van der Waals surface area contributed by atoms with E-state index in [-0.39, 0.29) is 12.3 Å². The van der Waals surface area contributed by atoms with E-state index in [4.69, 9.17) is 11.6 Å². The molecule has 2 rings (SSSR count). The molecule has 1 atom stereocenters. The number of halogens is 1. The molecule has 2 aromatic rings. The number of amides is 3. The summed E-state index contributed by atoms with van der Waals surface area (Å²) in [4.78, 5) is 35.4. The highest BCUT2D eigenvalue weighted by Gasteiger charge is 2.17. The van der Waals surface area contributed by atoms with Crippen LogP contribution >= 0.6 is 11.6 Å². The number of hydrogen-bond donors (Lipinski definition) is 3. The molecule has 0 aliphatic rings. The van der Waals surface area contributed by atoms with Crippen LogP contribution in [0.15, 0.2) is 54.6 Å². The van der Waals surface area contributed by atoms with Crippen molar-refractivity contribution in [3.63, 3.8) is 0 Å². The summed E-state index contributed by atoms with van der Waals surface area (Å²) < 4.78 is 0. The Morgan fingerprint density at radius 3 is 2.20 bits per heavy atom. The normalized spacial score (nSPS) is 11.3. The van der Waals surface area contributed by atoms with Crippen LogP contribution in [0.2, 0.25) is 5.02 Å². The van der Waals surface area contributed by atoms with E-state index in [1.165, 1.54) is 6.92 Å². The molecule has 0 spiro atoms. The first kappa shape index (κ1) is 18.5. The third kappa shape index (κ3) is 5.93. The van der Waals surface area contributed by atoms with Gasteiger partial charge in [-0.05, 0) is 29.8 Å². The first-order valence-corrected chi connectivity index (χ1v) is 8.00. The van der Waals surface area contributed by atoms with Crippen molar-refractivity contribution in [3.05, 3.63) is 70.7 Å². The molecular formula is C18H18ClN3O3. The van der Waals surface area contributed by atoms with Crippen molar-refractivity contribution >= 4 is 29.3 Å². The van der Waals surface area contributed by atoms with Crippen LogP contribution in [0.4, 0.5) is 0 Å². The second kappa shape index (κ2) is 8.84. The standard InChI is InChI=1S/C18H18ClN3O3/c1-12(23)20-16(13-5-3-2-4-6-13)11-17(24)21-22-18(25)14-7-9-15(19)10-8-14/h2-10,16H,11H2,1H3,(H,20,23)(H,21,24)(H,22,25)/t16-/m1/s1. The maximum Gasteiger partial charge on any atom is 0.269 e. The molecule has 3 amide bonds. The van der Waals surface area contributed by atoms with Crippen molar-refractivity contribution in [3.8, 4) is 0 Å². The average Bonchev–Trinajstić information content (AvgIpc) is 2.60. The van der Waals surface area contributed by atoms with Crippen LogP contribution in [0.5, 0.6) is 0 Å². The van der Waals surface area contributed by atoms with Crippen LogP contribution in [0.3, 0.4) is 0 Å². The number of benzene rings is 2. The molecule has 0 aromatic heterocycles. The third-order valence-electron chi connectivity index (χ3n) is 3.39. The Labute approximate surface area is 150 Å². The molecule has 0 bridgehead atoms. The maximum atomic E-state index is 12.1. The van der Waals surface area contributed by atoms with Crippen LogP contribution in [0, 0.1) is 0 Å². The van der Waals surface area contributed by atoms with Crippen LogP contribution in [-0.4, -0.2) is 17.7 Å². The van der Waals surface area contributed by atoms with Crippen molar-refractivity contribution < 1.29 is 14.4 Å². The van der Waals surface area contributed by atoms with Gasteiger partial charge in [0.25, 0.3) is 5.91 Å². The highest BCUT2D eigenvalue weighted by Crippen LogP contribution is 2.16. The van der Waals surface area contributed by atoms with E-state index < -0.39 is 17.9 Å². The molecule has 0 aliphatic carbocycles. The van der Waals surface area contributed by atoms with Crippen molar-refractivity contribution in [2.45, 2.75) is 19.4 Å². The topological polar surface area (TPSA) is 87.3 Å². The molecule has 25 heavy (non-hydrogen) atoms. The molecule has 0 aliphatic heterocycles. The van der Waals surface area contributed by atoms with Crippen LogP contribution < -0.4 is 16.2 Å². The molecule has 0 heterocycles. The van der Waals surface area contributed by atoms with Crippen LogP contribution in [0.25, 0.3) is 0 Å². The quantitative estimate of drug-likeness (QED) is 0.716. The van der Waals surface area contributed by atoms with Gasteiger partial charge >= 0.3 is 0 Å². The summed E-state index contributed by atoms with van der Waals surface area (Å²) in [6.45, 7) is 1.39. The van der Waals surface area contributed by atoms with Crippen molar-refractivity contribution in [1.29, 1.82) is 0 Å². The van der Waals surface area contributed by atoms with E-state index in [0.717, 1.165) is 5.56 Å². The van der Waals surface area contributed by atoms with Gasteiger partial charge in [-0.2, -0.15) is 0 Å².